The minimum Gasteiger partial charge on any atom is -0.456 e. The van der Waals surface area contributed by atoms with Crippen molar-refractivity contribution < 1.29 is 9.53 Å². The molecule has 160 valence electrons. The molecule has 8 heteroatoms. The Morgan fingerprint density at radius 3 is 2.56 bits per heavy atom. The second-order valence-corrected chi connectivity index (χ2v) is 7.29. The van der Waals surface area contributed by atoms with Gasteiger partial charge >= 0.3 is 5.97 Å². The van der Waals surface area contributed by atoms with Crippen LogP contribution in [0.2, 0.25) is 0 Å². The molecule has 0 amide bonds. The molecular formula is C24H21N5O3. The molecule has 0 saturated heterocycles. The molecule has 0 saturated carbocycles. The average Bonchev–Trinajstić information content (AvgIpc) is 3.13. The molecule has 8 nitrogen and oxygen atoms in total. The quantitative estimate of drug-likeness (QED) is 0.452. The van der Waals surface area contributed by atoms with Crippen LogP contribution < -0.4 is 5.56 Å². The topological polar surface area (TPSA) is 103 Å². The van der Waals surface area contributed by atoms with Gasteiger partial charge in [0.05, 0.1) is 33.7 Å². The summed E-state index contributed by atoms with van der Waals surface area (Å²) >= 11 is 0. The van der Waals surface area contributed by atoms with Crippen LogP contribution >= 0.6 is 0 Å². The van der Waals surface area contributed by atoms with E-state index in [-0.39, 0.29) is 12.2 Å². The maximum Gasteiger partial charge on any atom is 0.338 e. The van der Waals surface area contributed by atoms with E-state index < -0.39 is 5.97 Å². The van der Waals surface area contributed by atoms with Gasteiger partial charge in [-0.15, -0.1) is 0 Å². The third-order valence-corrected chi connectivity index (χ3v) is 5.27. The lowest BCUT2D eigenvalue weighted by Gasteiger charge is -2.11. The number of carbonyl (C=O) groups is 1. The number of fused-ring (bicyclic) bond motifs is 1. The Morgan fingerprint density at radius 2 is 1.88 bits per heavy atom. The van der Waals surface area contributed by atoms with Crippen LogP contribution in [0.15, 0.2) is 53.3 Å². The van der Waals surface area contributed by atoms with Gasteiger partial charge in [0.25, 0.3) is 5.56 Å². The van der Waals surface area contributed by atoms with Gasteiger partial charge in [-0.05, 0) is 51.1 Å². The molecule has 0 radical (unpaired) electrons. The molecule has 0 aliphatic carbocycles. The third kappa shape index (κ3) is 3.65. The first-order valence-corrected chi connectivity index (χ1v) is 10.2. The molecule has 0 N–H and O–H groups in total. The van der Waals surface area contributed by atoms with Crippen molar-refractivity contribution >= 4 is 17.0 Å². The lowest BCUT2D eigenvalue weighted by Crippen LogP contribution is -2.23. The van der Waals surface area contributed by atoms with E-state index in [0.29, 0.717) is 45.8 Å². The second-order valence-electron chi connectivity index (χ2n) is 7.29. The van der Waals surface area contributed by atoms with Crippen molar-refractivity contribution in [3.05, 3.63) is 87.1 Å². The predicted octanol–water partition coefficient (Wildman–Crippen LogP) is 3.45. The Labute approximate surface area is 184 Å². The highest BCUT2D eigenvalue weighted by Gasteiger charge is 2.19. The summed E-state index contributed by atoms with van der Waals surface area (Å²) in [6.07, 6.45) is 0. The van der Waals surface area contributed by atoms with Crippen LogP contribution in [0.3, 0.4) is 0 Å². The molecular weight excluding hydrogens is 406 g/mol. The smallest absolute Gasteiger partial charge is 0.338 e. The number of benzene rings is 2. The van der Waals surface area contributed by atoms with Crippen molar-refractivity contribution in [2.75, 3.05) is 0 Å². The number of carbonyl (C=O) groups excluding carboxylic acids is 1. The van der Waals surface area contributed by atoms with Crippen molar-refractivity contribution in [2.24, 2.45) is 0 Å². The minimum absolute atomic E-state index is 0.115. The number of ether oxygens (including phenoxy) is 1. The Balaban J connectivity index is 1.65. The van der Waals surface area contributed by atoms with Gasteiger partial charge in [-0.1, -0.05) is 18.2 Å². The van der Waals surface area contributed by atoms with E-state index >= 15 is 0 Å². The molecule has 2 aromatic carbocycles. The zero-order valence-corrected chi connectivity index (χ0v) is 18.0. The van der Waals surface area contributed by atoms with Crippen LogP contribution in [0.25, 0.3) is 16.7 Å². The zero-order valence-electron chi connectivity index (χ0n) is 18.0. The van der Waals surface area contributed by atoms with Crippen LogP contribution in [0.4, 0.5) is 0 Å². The number of aromatic nitrogens is 4. The number of rotatable bonds is 5. The van der Waals surface area contributed by atoms with E-state index in [1.807, 2.05) is 37.3 Å². The van der Waals surface area contributed by atoms with Crippen LogP contribution in [0.5, 0.6) is 0 Å². The largest absolute Gasteiger partial charge is 0.456 e. The number of nitrogens with zero attached hydrogens (tertiary/aromatic N) is 5. The van der Waals surface area contributed by atoms with Gasteiger partial charge in [0, 0.05) is 6.54 Å². The fraction of sp³-hybridized carbons (Fsp3) is 0.208. The minimum atomic E-state index is -0.553. The molecule has 0 bridgehead atoms. The number of para-hydroxylation sites is 1. The Bertz CT molecular complexity index is 1430. The summed E-state index contributed by atoms with van der Waals surface area (Å²) in [6.45, 7) is 5.66. The van der Waals surface area contributed by atoms with Crippen molar-refractivity contribution in [1.82, 2.24) is 19.3 Å². The standard InChI is InChI=1S/C24H21N5O3/c1-4-28-21-11-10-17(12-20(21)26-16(3)23(28)30)24(31)32-14-22-19(13-25)15(2)27-29(22)18-8-6-5-7-9-18/h5-12H,4,14H2,1-3H3. The first kappa shape index (κ1) is 21.0. The number of esters is 1. The van der Waals surface area contributed by atoms with E-state index in [1.54, 1.807) is 41.3 Å². The SMILES string of the molecule is CCn1c(=O)c(C)nc2cc(C(=O)OCc3c(C#N)c(C)nn3-c3ccccc3)ccc21. The van der Waals surface area contributed by atoms with E-state index in [2.05, 4.69) is 16.2 Å². The first-order chi connectivity index (χ1) is 15.4. The predicted molar refractivity (Wildman–Crippen MR) is 119 cm³/mol. The number of aryl methyl sites for hydroxylation is 3. The molecule has 4 rings (SSSR count). The van der Waals surface area contributed by atoms with E-state index in [1.165, 1.54) is 0 Å². The van der Waals surface area contributed by atoms with Gasteiger partial charge in [0.1, 0.15) is 23.9 Å². The summed E-state index contributed by atoms with van der Waals surface area (Å²) in [5.74, 6) is -0.553. The molecule has 0 spiro atoms. The van der Waals surface area contributed by atoms with E-state index in [0.717, 1.165) is 5.69 Å². The summed E-state index contributed by atoms with van der Waals surface area (Å²) in [7, 11) is 0. The fourth-order valence-electron chi connectivity index (χ4n) is 3.67. The zero-order chi connectivity index (χ0) is 22.8. The molecule has 0 unspecified atom stereocenters. The maximum absolute atomic E-state index is 12.8. The summed E-state index contributed by atoms with van der Waals surface area (Å²) in [5.41, 5.74) is 3.94. The molecule has 0 aliphatic rings. The molecule has 2 heterocycles. The Hall–Kier alpha value is -4.25. The maximum atomic E-state index is 12.8. The number of hydrogen-bond acceptors (Lipinski definition) is 6. The lowest BCUT2D eigenvalue weighted by atomic mass is 10.2. The lowest BCUT2D eigenvalue weighted by molar-refractivity contribution is 0.0465. The first-order valence-electron chi connectivity index (χ1n) is 10.2. The summed E-state index contributed by atoms with van der Waals surface area (Å²) < 4.78 is 8.78. The molecule has 2 aromatic heterocycles. The Morgan fingerprint density at radius 1 is 1.12 bits per heavy atom. The highest BCUT2D eigenvalue weighted by Crippen LogP contribution is 2.20. The summed E-state index contributed by atoms with van der Waals surface area (Å²) in [5, 5.41) is 14.0. The average molecular weight is 427 g/mol. The van der Waals surface area contributed by atoms with Gasteiger partial charge < -0.3 is 9.30 Å². The van der Waals surface area contributed by atoms with Crippen molar-refractivity contribution in [3.63, 3.8) is 0 Å². The van der Waals surface area contributed by atoms with Gasteiger partial charge in [0.15, 0.2) is 0 Å². The van der Waals surface area contributed by atoms with Crippen LogP contribution in [-0.4, -0.2) is 25.3 Å². The fourth-order valence-corrected chi connectivity index (χ4v) is 3.67. The van der Waals surface area contributed by atoms with Crippen LogP contribution in [0, 0.1) is 25.2 Å². The van der Waals surface area contributed by atoms with Crippen molar-refractivity contribution in [2.45, 2.75) is 33.9 Å². The highest BCUT2D eigenvalue weighted by atomic mass is 16.5. The normalized spacial score (nSPS) is 10.8. The van der Waals surface area contributed by atoms with Gasteiger partial charge in [-0.2, -0.15) is 10.4 Å². The number of nitriles is 1. The van der Waals surface area contributed by atoms with E-state index in [4.69, 9.17) is 4.74 Å². The van der Waals surface area contributed by atoms with Crippen LogP contribution in [0.1, 0.15) is 39.9 Å². The molecule has 4 aromatic rings. The highest BCUT2D eigenvalue weighted by molar-refractivity contribution is 5.93. The third-order valence-electron chi connectivity index (χ3n) is 5.27. The monoisotopic (exact) mass is 427 g/mol. The molecule has 32 heavy (non-hydrogen) atoms. The Kier molecular flexibility index (Phi) is 5.56. The molecule has 0 aliphatic heterocycles. The van der Waals surface area contributed by atoms with Gasteiger partial charge in [-0.3, -0.25) is 4.79 Å². The molecule has 0 fully saturated rings. The van der Waals surface area contributed by atoms with E-state index in [9.17, 15) is 14.9 Å². The van der Waals surface area contributed by atoms with Crippen LogP contribution in [-0.2, 0) is 17.9 Å². The summed E-state index contributed by atoms with van der Waals surface area (Å²) in [6, 6.07) is 16.4. The van der Waals surface area contributed by atoms with Gasteiger partial charge in [0.2, 0.25) is 0 Å². The molecule has 0 atom stereocenters. The number of hydrogen-bond donors (Lipinski definition) is 0. The van der Waals surface area contributed by atoms with Gasteiger partial charge in [-0.25, -0.2) is 14.5 Å². The summed E-state index contributed by atoms with van der Waals surface area (Å²) in [4.78, 5) is 29.4. The second kappa shape index (κ2) is 8.47. The van der Waals surface area contributed by atoms with Crippen molar-refractivity contribution in [3.8, 4) is 11.8 Å². The van der Waals surface area contributed by atoms with Crippen molar-refractivity contribution in [1.29, 1.82) is 5.26 Å².